The molecule has 0 aliphatic carbocycles. The molecule has 1 rings (SSSR count). The third kappa shape index (κ3) is 6.45. The van der Waals surface area contributed by atoms with E-state index in [1.54, 1.807) is 6.08 Å². The van der Waals surface area contributed by atoms with Crippen LogP contribution in [0.5, 0.6) is 0 Å². The van der Waals surface area contributed by atoms with Crippen molar-refractivity contribution < 1.29 is 14.3 Å². The summed E-state index contributed by atoms with van der Waals surface area (Å²) < 4.78 is 10.4. The van der Waals surface area contributed by atoms with E-state index in [-0.39, 0.29) is 11.3 Å². The number of rotatable bonds is 7. The first-order valence-corrected chi connectivity index (χ1v) is 7.09. The molecule has 0 heterocycles. The lowest BCUT2D eigenvalue weighted by atomic mass is 10.0. The van der Waals surface area contributed by atoms with Gasteiger partial charge in [-0.1, -0.05) is 44.2 Å². The normalized spacial score (nSPS) is 12.4. The quantitative estimate of drug-likeness (QED) is 0.476. The van der Waals surface area contributed by atoms with E-state index in [1.165, 1.54) is 7.11 Å². The molecular weight excluding hydrogens is 266 g/mol. The van der Waals surface area contributed by atoms with Crippen LogP contribution in [0.4, 0.5) is 0 Å². The van der Waals surface area contributed by atoms with Crippen LogP contribution in [0.15, 0.2) is 42.2 Å². The maximum atomic E-state index is 11.9. The highest BCUT2D eigenvalue weighted by Gasteiger charge is 2.21. The van der Waals surface area contributed by atoms with Gasteiger partial charge in [0, 0.05) is 11.6 Å². The van der Waals surface area contributed by atoms with Gasteiger partial charge in [0.15, 0.2) is 0 Å². The van der Waals surface area contributed by atoms with Crippen molar-refractivity contribution in [1.29, 1.82) is 0 Å². The zero-order valence-corrected chi connectivity index (χ0v) is 13.5. The SMILES string of the molecule is COC(=O)/C(=C/C(C)(C)NC(C)C)OCc1ccccc1. The Labute approximate surface area is 127 Å². The summed E-state index contributed by atoms with van der Waals surface area (Å²) in [6.07, 6.45) is 1.77. The van der Waals surface area contributed by atoms with E-state index in [1.807, 2.05) is 44.2 Å². The van der Waals surface area contributed by atoms with Gasteiger partial charge in [-0.15, -0.1) is 0 Å². The average molecular weight is 291 g/mol. The van der Waals surface area contributed by atoms with Crippen LogP contribution in [0, 0.1) is 0 Å². The first-order valence-electron chi connectivity index (χ1n) is 7.09. The number of carbonyl (C=O) groups is 1. The highest BCUT2D eigenvalue weighted by atomic mass is 16.6. The largest absolute Gasteiger partial charge is 0.482 e. The average Bonchev–Trinajstić information content (AvgIpc) is 2.42. The van der Waals surface area contributed by atoms with Crippen LogP contribution in [0.25, 0.3) is 0 Å². The Morgan fingerprint density at radius 1 is 1.29 bits per heavy atom. The summed E-state index contributed by atoms with van der Waals surface area (Å²) in [6.45, 7) is 8.42. The summed E-state index contributed by atoms with van der Waals surface area (Å²) in [5, 5.41) is 3.36. The molecule has 4 nitrogen and oxygen atoms in total. The van der Waals surface area contributed by atoms with Crippen LogP contribution in [0.2, 0.25) is 0 Å². The summed E-state index contributed by atoms with van der Waals surface area (Å²) in [7, 11) is 1.35. The molecule has 1 aromatic carbocycles. The maximum absolute atomic E-state index is 11.9. The summed E-state index contributed by atoms with van der Waals surface area (Å²) in [5.74, 6) is -0.246. The molecule has 0 saturated heterocycles. The number of hydrogen-bond donors (Lipinski definition) is 1. The van der Waals surface area contributed by atoms with E-state index in [9.17, 15) is 4.79 Å². The van der Waals surface area contributed by atoms with Crippen LogP contribution >= 0.6 is 0 Å². The number of nitrogens with one attached hydrogen (secondary N) is 1. The molecule has 0 saturated carbocycles. The fourth-order valence-corrected chi connectivity index (χ4v) is 2.11. The number of hydrogen-bond acceptors (Lipinski definition) is 4. The van der Waals surface area contributed by atoms with Gasteiger partial charge in [0.25, 0.3) is 0 Å². The predicted octanol–water partition coefficient (Wildman–Crippen LogP) is 3.04. The minimum Gasteiger partial charge on any atom is -0.482 e. The second kappa shape index (κ2) is 7.84. The second-order valence-corrected chi connectivity index (χ2v) is 5.80. The third-order valence-corrected chi connectivity index (χ3v) is 2.78. The van der Waals surface area contributed by atoms with Crippen LogP contribution < -0.4 is 5.32 Å². The van der Waals surface area contributed by atoms with Gasteiger partial charge in [-0.25, -0.2) is 4.79 Å². The molecule has 0 amide bonds. The van der Waals surface area contributed by atoms with Crippen LogP contribution in [-0.2, 0) is 20.9 Å². The van der Waals surface area contributed by atoms with Crippen molar-refractivity contribution in [3.63, 3.8) is 0 Å². The van der Waals surface area contributed by atoms with E-state index in [0.717, 1.165) is 5.56 Å². The van der Waals surface area contributed by atoms with Gasteiger partial charge < -0.3 is 14.8 Å². The van der Waals surface area contributed by atoms with Crippen molar-refractivity contribution in [2.75, 3.05) is 7.11 Å². The molecule has 1 aromatic rings. The fraction of sp³-hybridized carbons (Fsp3) is 0.471. The standard InChI is InChI=1S/C17H25NO3/c1-13(2)18-17(3,4)11-15(16(19)20-5)21-12-14-9-7-6-8-10-14/h6-11,13,18H,12H2,1-5H3/b15-11-. The van der Waals surface area contributed by atoms with E-state index >= 15 is 0 Å². The lowest BCUT2D eigenvalue weighted by Crippen LogP contribution is -2.42. The topological polar surface area (TPSA) is 47.6 Å². The van der Waals surface area contributed by atoms with E-state index in [4.69, 9.17) is 9.47 Å². The number of benzene rings is 1. The van der Waals surface area contributed by atoms with E-state index in [2.05, 4.69) is 19.2 Å². The Hall–Kier alpha value is -1.81. The monoisotopic (exact) mass is 291 g/mol. The molecule has 0 atom stereocenters. The number of carbonyl (C=O) groups excluding carboxylic acids is 1. The number of methoxy groups -OCH3 is 1. The van der Waals surface area contributed by atoms with Crippen molar-refractivity contribution in [2.24, 2.45) is 0 Å². The highest BCUT2D eigenvalue weighted by molar-refractivity contribution is 5.86. The molecule has 0 aromatic heterocycles. The van der Waals surface area contributed by atoms with E-state index in [0.29, 0.717) is 12.6 Å². The Balaban J connectivity index is 2.83. The predicted molar refractivity (Wildman–Crippen MR) is 83.7 cm³/mol. The number of ether oxygens (including phenoxy) is 2. The summed E-state index contributed by atoms with van der Waals surface area (Å²) in [5.41, 5.74) is 0.635. The first kappa shape index (κ1) is 17.2. The van der Waals surface area contributed by atoms with Gasteiger partial charge in [-0.3, -0.25) is 0 Å². The molecule has 1 N–H and O–H groups in total. The zero-order chi connectivity index (χ0) is 15.9. The molecule has 116 valence electrons. The van der Waals surface area contributed by atoms with Crippen molar-refractivity contribution in [3.8, 4) is 0 Å². The molecule has 0 aliphatic rings. The van der Waals surface area contributed by atoms with Crippen molar-refractivity contribution in [3.05, 3.63) is 47.7 Å². The van der Waals surface area contributed by atoms with Gasteiger partial charge >= 0.3 is 5.97 Å². The minimum atomic E-state index is -0.468. The van der Waals surface area contributed by atoms with Crippen LogP contribution in [0.3, 0.4) is 0 Å². The van der Waals surface area contributed by atoms with Gasteiger partial charge in [0.1, 0.15) is 6.61 Å². The zero-order valence-electron chi connectivity index (χ0n) is 13.5. The molecule has 0 fully saturated rings. The molecule has 4 heteroatoms. The molecule has 0 unspecified atom stereocenters. The smallest absolute Gasteiger partial charge is 0.373 e. The fourth-order valence-electron chi connectivity index (χ4n) is 2.11. The summed E-state index contributed by atoms with van der Waals surface area (Å²) in [6, 6.07) is 10.0. The molecule has 0 spiro atoms. The van der Waals surface area contributed by atoms with Crippen LogP contribution in [-0.4, -0.2) is 24.7 Å². The molecule has 21 heavy (non-hydrogen) atoms. The molecule has 0 bridgehead atoms. The molecule has 0 aliphatic heterocycles. The number of esters is 1. The third-order valence-electron chi connectivity index (χ3n) is 2.78. The van der Waals surface area contributed by atoms with E-state index < -0.39 is 5.97 Å². The van der Waals surface area contributed by atoms with Gasteiger partial charge in [0.2, 0.25) is 5.76 Å². The first-order chi connectivity index (χ1) is 9.84. The van der Waals surface area contributed by atoms with Gasteiger partial charge in [0.05, 0.1) is 7.11 Å². The summed E-state index contributed by atoms with van der Waals surface area (Å²) in [4.78, 5) is 11.9. The lowest BCUT2D eigenvalue weighted by Gasteiger charge is -2.26. The Morgan fingerprint density at radius 3 is 2.43 bits per heavy atom. The molecular formula is C17H25NO3. The Bertz CT molecular complexity index is 478. The second-order valence-electron chi connectivity index (χ2n) is 5.80. The van der Waals surface area contributed by atoms with Crippen molar-refractivity contribution in [1.82, 2.24) is 5.32 Å². The highest BCUT2D eigenvalue weighted by Crippen LogP contribution is 2.14. The Kier molecular flexibility index (Phi) is 6.43. The maximum Gasteiger partial charge on any atom is 0.373 e. The molecule has 0 radical (unpaired) electrons. The van der Waals surface area contributed by atoms with Crippen molar-refractivity contribution in [2.45, 2.75) is 45.9 Å². The minimum absolute atomic E-state index is 0.222. The Morgan fingerprint density at radius 2 is 1.90 bits per heavy atom. The lowest BCUT2D eigenvalue weighted by molar-refractivity contribution is -0.140. The van der Waals surface area contributed by atoms with Crippen LogP contribution in [0.1, 0.15) is 33.3 Å². The van der Waals surface area contributed by atoms with Crippen molar-refractivity contribution >= 4 is 5.97 Å². The van der Waals surface area contributed by atoms with Gasteiger partial charge in [-0.05, 0) is 25.5 Å². The van der Waals surface area contributed by atoms with Gasteiger partial charge in [-0.2, -0.15) is 0 Å². The summed E-state index contributed by atoms with van der Waals surface area (Å²) >= 11 is 0.